The van der Waals surface area contributed by atoms with Crippen LogP contribution in [-0.2, 0) is 11.8 Å². The Hall–Kier alpha value is -8.38. The highest BCUT2D eigenvalue weighted by Crippen LogP contribution is 2.50. The Morgan fingerprint density at radius 3 is 2.14 bits per heavy atom. The average molecular weight is 917 g/mol. The molecular formula is C71H64. The van der Waals surface area contributed by atoms with Gasteiger partial charge in [0.25, 0.3) is 0 Å². The van der Waals surface area contributed by atoms with E-state index in [1.54, 1.807) is 6.08 Å². The van der Waals surface area contributed by atoms with Crippen molar-refractivity contribution in [1.82, 2.24) is 0 Å². The Kier molecular flexibility index (Phi) is 16.6. The second-order valence-corrected chi connectivity index (χ2v) is 18.2. The fourth-order valence-electron chi connectivity index (χ4n) is 9.74. The van der Waals surface area contributed by atoms with Gasteiger partial charge < -0.3 is 0 Å². The normalized spacial score (nSPS) is 14.2. The van der Waals surface area contributed by atoms with Crippen LogP contribution in [0.15, 0.2) is 230 Å². The van der Waals surface area contributed by atoms with Gasteiger partial charge in [-0.1, -0.05) is 240 Å². The number of terminal acetylenes is 2. The average Bonchev–Trinajstić information content (AvgIpc) is 4.12. The number of hydrogen-bond acceptors (Lipinski definition) is 0. The van der Waals surface area contributed by atoms with E-state index in [4.69, 9.17) is 12.8 Å². The van der Waals surface area contributed by atoms with Gasteiger partial charge in [0.05, 0.1) is 0 Å². The van der Waals surface area contributed by atoms with Crippen molar-refractivity contribution in [1.29, 1.82) is 0 Å². The summed E-state index contributed by atoms with van der Waals surface area (Å²) in [5.74, 6) is 5.62. The van der Waals surface area contributed by atoms with Crippen molar-refractivity contribution in [2.75, 3.05) is 0 Å². The number of allylic oxidation sites excluding steroid dienone is 16. The Balaban J connectivity index is 0.000000270. The molecule has 0 aromatic heterocycles. The number of benzene rings is 6. The van der Waals surface area contributed by atoms with Crippen LogP contribution in [0.2, 0.25) is 0 Å². The number of aryl methyl sites for hydroxylation is 1. The molecule has 0 spiro atoms. The highest BCUT2D eigenvalue weighted by atomic mass is 14.4. The second-order valence-electron chi connectivity index (χ2n) is 18.2. The summed E-state index contributed by atoms with van der Waals surface area (Å²) < 4.78 is 0. The summed E-state index contributed by atoms with van der Waals surface area (Å²) in [6.45, 7) is 22.8. The molecule has 0 N–H and O–H groups in total. The molecule has 3 aliphatic rings. The number of hydrogen-bond donors (Lipinski definition) is 0. The Morgan fingerprint density at radius 1 is 0.761 bits per heavy atom. The Labute approximate surface area is 425 Å². The lowest BCUT2D eigenvalue weighted by molar-refractivity contribution is 0.660. The van der Waals surface area contributed by atoms with Gasteiger partial charge in [-0.25, -0.2) is 0 Å². The minimum absolute atomic E-state index is 0.00520. The molecule has 0 radical (unpaired) electrons. The molecule has 0 fully saturated rings. The van der Waals surface area contributed by atoms with Crippen LogP contribution >= 0.6 is 0 Å². The Bertz CT molecular complexity index is 3380. The minimum Gasteiger partial charge on any atom is -0.115 e. The molecule has 0 nitrogen and oxygen atoms in total. The van der Waals surface area contributed by atoms with Gasteiger partial charge in [0.15, 0.2) is 0 Å². The fraction of sp³-hybridized carbons (Fsp3) is 0.141. The van der Waals surface area contributed by atoms with Crippen molar-refractivity contribution in [3.63, 3.8) is 0 Å². The van der Waals surface area contributed by atoms with E-state index in [2.05, 4.69) is 240 Å². The van der Waals surface area contributed by atoms with Gasteiger partial charge in [0, 0.05) is 22.1 Å². The maximum Gasteiger partial charge on any atom is 0.0399 e. The lowest BCUT2D eigenvalue weighted by Gasteiger charge is -2.21. The van der Waals surface area contributed by atoms with Crippen molar-refractivity contribution in [3.05, 3.63) is 285 Å². The van der Waals surface area contributed by atoms with Crippen LogP contribution in [0.25, 0.3) is 50.6 Å². The van der Waals surface area contributed by atoms with Gasteiger partial charge in [0.2, 0.25) is 0 Å². The molecule has 71 heavy (non-hydrogen) atoms. The van der Waals surface area contributed by atoms with E-state index in [1.165, 1.54) is 72.4 Å². The van der Waals surface area contributed by atoms with Gasteiger partial charge in [-0.15, -0.1) is 18.6 Å². The Morgan fingerprint density at radius 2 is 1.45 bits per heavy atom. The molecule has 0 bridgehead atoms. The third-order valence-corrected chi connectivity index (χ3v) is 13.5. The second kappa shape index (κ2) is 23.3. The molecule has 0 heteroatoms. The SMILES string of the molecule is C#CC(=C)/C(=C\C=C/c1ccccc1C)c1ccc(CC2=CC=C=C2c2ccccc2-c2ccc3c(c2)-c2ccccc2C3(C)C)cc1.C#Cc1c(C2=C(C)CC=C2)cccc1C(/C=C\C=C)=C/C.CC. The van der Waals surface area contributed by atoms with E-state index in [-0.39, 0.29) is 5.41 Å². The molecule has 0 aliphatic heterocycles. The van der Waals surface area contributed by atoms with Crippen LogP contribution in [0.4, 0.5) is 0 Å². The van der Waals surface area contributed by atoms with E-state index >= 15 is 0 Å². The summed E-state index contributed by atoms with van der Waals surface area (Å²) in [4.78, 5) is 0. The summed E-state index contributed by atoms with van der Waals surface area (Å²) in [5.41, 5.74) is 28.4. The van der Waals surface area contributed by atoms with Crippen molar-refractivity contribution >= 4 is 28.4 Å². The molecule has 0 atom stereocenters. The van der Waals surface area contributed by atoms with Gasteiger partial charge in [-0.2, -0.15) is 0 Å². The van der Waals surface area contributed by atoms with Crippen molar-refractivity contribution in [2.24, 2.45) is 0 Å². The summed E-state index contributed by atoms with van der Waals surface area (Å²) in [7, 11) is 0. The fourth-order valence-corrected chi connectivity index (χ4v) is 9.74. The minimum atomic E-state index is -0.00520. The molecular weight excluding hydrogens is 853 g/mol. The highest BCUT2D eigenvalue weighted by Gasteiger charge is 2.35. The van der Waals surface area contributed by atoms with Crippen LogP contribution in [0.3, 0.4) is 0 Å². The summed E-state index contributed by atoms with van der Waals surface area (Å²) >= 11 is 0. The third-order valence-electron chi connectivity index (χ3n) is 13.5. The molecule has 6 aromatic rings. The molecule has 9 rings (SSSR count). The first-order valence-corrected chi connectivity index (χ1v) is 24.7. The van der Waals surface area contributed by atoms with E-state index in [0.29, 0.717) is 5.57 Å². The summed E-state index contributed by atoms with van der Waals surface area (Å²) in [5, 5.41) is 0. The van der Waals surface area contributed by atoms with Crippen LogP contribution < -0.4 is 0 Å². The first-order valence-electron chi connectivity index (χ1n) is 24.7. The van der Waals surface area contributed by atoms with Gasteiger partial charge in [0.1, 0.15) is 0 Å². The van der Waals surface area contributed by atoms with Gasteiger partial charge in [-0.3, -0.25) is 0 Å². The quantitative estimate of drug-likeness (QED) is 0.0652. The molecule has 6 aromatic carbocycles. The molecule has 3 aliphatic carbocycles. The third kappa shape index (κ3) is 10.9. The predicted octanol–water partition coefficient (Wildman–Crippen LogP) is 18.5. The predicted molar refractivity (Wildman–Crippen MR) is 310 cm³/mol. The van der Waals surface area contributed by atoms with E-state index in [0.717, 1.165) is 51.8 Å². The zero-order valence-electron chi connectivity index (χ0n) is 42.5. The van der Waals surface area contributed by atoms with Crippen molar-refractivity contribution in [2.45, 2.75) is 66.7 Å². The standard InChI is InChI=1S/C48H38.C21H20.C2H6/c1-6-33(2)40(22-13-17-36-16-8-7-15-34(36)3)37-27-25-35(26-28-37)31-38-18-14-23-42(38)43-20-10-9-19-41(43)39-29-30-47-45(32-39)44-21-11-12-24-46(44)48(47,4)5;1-5-8-12-17(6-2)20-14-10-15-21(18(20)7-3)19-13-9-11-16(19)4;1-2/h1,7-22,24-30,32H,2,31H2,3-5H3;3,5-6,8-10,12-15H,1,11H2,2,4H3;1-2H3/b17-13-,40-22+;12-8-,17-6+;. The first kappa shape index (κ1) is 50.5. The van der Waals surface area contributed by atoms with Gasteiger partial charge in [-0.05, 0) is 146 Å². The van der Waals surface area contributed by atoms with E-state index < -0.39 is 0 Å². The molecule has 0 heterocycles. The van der Waals surface area contributed by atoms with Crippen molar-refractivity contribution < 1.29 is 0 Å². The molecule has 0 saturated heterocycles. The molecule has 348 valence electrons. The lowest BCUT2D eigenvalue weighted by Crippen LogP contribution is -2.14. The largest absolute Gasteiger partial charge is 0.115 e. The molecule has 0 unspecified atom stereocenters. The highest BCUT2D eigenvalue weighted by molar-refractivity contribution is 5.93. The van der Waals surface area contributed by atoms with Crippen LogP contribution in [0, 0.1) is 31.6 Å². The first-order chi connectivity index (χ1) is 34.6. The van der Waals surface area contributed by atoms with Crippen molar-refractivity contribution in [3.8, 4) is 46.9 Å². The summed E-state index contributed by atoms with van der Waals surface area (Å²) in [6.07, 6.45) is 36.1. The topological polar surface area (TPSA) is 0 Å². The molecule has 0 amide bonds. The van der Waals surface area contributed by atoms with E-state index in [1.807, 2.05) is 32.9 Å². The monoisotopic (exact) mass is 917 g/mol. The van der Waals surface area contributed by atoms with E-state index in [9.17, 15) is 0 Å². The van der Waals surface area contributed by atoms with Crippen LogP contribution in [0.5, 0.6) is 0 Å². The smallest absolute Gasteiger partial charge is 0.0399 e. The van der Waals surface area contributed by atoms with Gasteiger partial charge >= 0.3 is 0 Å². The lowest BCUT2D eigenvalue weighted by atomic mass is 9.82. The maximum absolute atomic E-state index is 5.82. The number of rotatable bonds is 12. The van der Waals surface area contributed by atoms with Crippen LogP contribution in [-0.4, -0.2) is 0 Å². The number of fused-ring (bicyclic) bond motifs is 3. The summed E-state index contributed by atoms with van der Waals surface area (Å²) in [6, 6.07) is 47.8. The zero-order valence-corrected chi connectivity index (χ0v) is 42.5. The van der Waals surface area contributed by atoms with Crippen LogP contribution in [0.1, 0.15) is 104 Å². The maximum atomic E-state index is 5.82. The zero-order chi connectivity index (χ0) is 50.5. The molecule has 0 saturated carbocycles.